The first-order chi connectivity index (χ1) is 21.8. The van der Waals surface area contributed by atoms with Crippen molar-refractivity contribution in [2.75, 3.05) is 0 Å². The molecule has 0 aromatic heterocycles. The van der Waals surface area contributed by atoms with Crippen molar-refractivity contribution >= 4 is 15.9 Å². The van der Waals surface area contributed by atoms with E-state index < -0.39 is 16.5 Å². The molecule has 0 bridgehead atoms. The van der Waals surface area contributed by atoms with E-state index >= 15 is 0 Å². The molecule has 0 nitrogen and oxygen atoms in total. The van der Waals surface area contributed by atoms with E-state index in [0.29, 0.717) is 13.3 Å². The van der Waals surface area contributed by atoms with E-state index in [1.807, 2.05) is 0 Å². The van der Waals surface area contributed by atoms with Crippen LogP contribution < -0.4 is 0 Å². The summed E-state index contributed by atoms with van der Waals surface area (Å²) < 4.78 is 12.0. The Bertz CT molecular complexity index is 1840. The molecule has 2 aliphatic carbocycles. The van der Waals surface area contributed by atoms with Crippen molar-refractivity contribution in [3.63, 3.8) is 0 Å². The van der Waals surface area contributed by atoms with Gasteiger partial charge in [0, 0.05) is 0 Å². The van der Waals surface area contributed by atoms with E-state index in [0.717, 1.165) is 6.42 Å². The monoisotopic (exact) mass is 789 g/mol. The van der Waals surface area contributed by atoms with Crippen LogP contribution in [0.2, 0.25) is 14.0 Å². The molecule has 4 aromatic carbocycles. The van der Waals surface area contributed by atoms with E-state index in [2.05, 4.69) is 182 Å². The molecule has 0 radical (unpaired) electrons. The minimum absolute atomic E-state index is 0.148. The Hall–Kier alpha value is -2.90. The number of benzene rings is 4. The van der Waals surface area contributed by atoms with Crippen LogP contribution in [-0.4, -0.2) is 3.76 Å². The second-order valence-electron chi connectivity index (χ2n) is 19.4. The average Bonchev–Trinajstić information content (AvgIpc) is 3.66. The van der Waals surface area contributed by atoms with Crippen LogP contribution in [0, 0.1) is 5.92 Å². The summed E-state index contributed by atoms with van der Waals surface area (Å²) in [5, 5.41) is 0. The van der Waals surface area contributed by atoms with Gasteiger partial charge in [0.25, 0.3) is 0 Å². The van der Waals surface area contributed by atoms with Gasteiger partial charge in [-0.3, -0.25) is 0 Å². The van der Waals surface area contributed by atoms with E-state index in [9.17, 15) is 0 Å². The van der Waals surface area contributed by atoms with Gasteiger partial charge in [-0.2, -0.15) is 0 Å². The van der Waals surface area contributed by atoms with Crippen LogP contribution in [0.4, 0.5) is 0 Å². The predicted octanol–water partition coefficient (Wildman–Crippen LogP) is 13.7. The summed E-state index contributed by atoms with van der Waals surface area (Å²) in [6, 6.07) is 32.8. The molecule has 0 fully saturated rings. The molecular formula is C46H57Hf. The van der Waals surface area contributed by atoms with Gasteiger partial charge in [0.05, 0.1) is 0 Å². The zero-order valence-corrected chi connectivity index (χ0v) is 34.5. The van der Waals surface area contributed by atoms with Crippen molar-refractivity contribution in [3.8, 4) is 22.3 Å². The summed E-state index contributed by atoms with van der Waals surface area (Å²) >= 11 is -4.57. The Kier molecular flexibility index (Phi) is 8.00. The standard InChI is InChI=1S/2C19H19.C5H10.3CH3.Hf/c2*1-19(2,3)16-12-10-15(11-13-16)18-9-5-7-14-6-4-8-17(14)18;1-4-5(2)3;;;;/h2*4-13H,1-3H3;1,5H,4H2,2-3H3;3*1H3;. The average molecular weight is 788 g/mol. The van der Waals surface area contributed by atoms with E-state index in [4.69, 9.17) is 0 Å². The van der Waals surface area contributed by atoms with Crippen molar-refractivity contribution < 1.29 is 16.5 Å². The van der Waals surface area contributed by atoms with Gasteiger partial charge in [-0.15, -0.1) is 0 Å². The molecule has 0 spiro atoms. The molecule has 0 N–H and O–H groups in total. The predicted molar refractivity (Wildman–Crippen MR) is 208 cm³/mol. The van der Waals surface area contributed by atoms with Crippen LogP contribution in [0.3, 0.4) is 0 Å². The molecular weight excluding hydrogens is 731 g/mol. The first-order valence-electron chi connectivity index (χ1n) is 18.0. The molecule has 6 rings (SSSR count). The Morgan fingerprint density at radius 3 is 1.30 bits per heavy atom. The first-order valence-corrected chi connectivity index (χ1v) is 35.0. The molecule has 2 atom stereocenters. The molecule has 245 valence electrons. The van der Waals surface area contributed by atoms with Crippen LogP contribution >= 0.6 is 0 Å². The van der Waals surface area contributed by atoms with Gasteiger partial charge >= 0.3 is 285 Å². The molecule has 0 heterocycles. The Morgan fingerprint density at radius 1 is 0.574 bits per heavy atom. The fraction of sp³-hybridized carbons (Fsp3) is 0.370. The van der Waals surface area contributed by atoms with E-state index in [-0.39, 0.29) is 10.8 Å². The summed E-state index contributed by atoms with van der Waals surface area (Å²) in [5.74, 6) is 0.620. The second-order valence-corrected chi connectivity index (χ2v) is 58.4. The molecule has 4 aromatic rings. The topological polar surface area (TPSA) is 0 Å². The summed E-state index contributed by atoms with van der Waals surface area (Å²) in [6.07, 6.45) is 11.3. The van der Waals surface area contributed by atoms with Gasteiger partial charge in [-0.25, -0.2) is 0 Å². The normalized spacial score (nSPS) is 19.0. The van der Waals surface area contributed by atoms with E-state index in [1.165, 1.54) is 55.6 Å². The van der Waals surface area contributed by atoms with Crippen molar-refractivity contribution in [2.45, 2.75) is 94.0 Å². The number of fused-ring (bicyclic) bond motifs is 2. The Labute approximate surface area is 283 Å². The van der Waals surface area contributed by atoms with Crippen molar-refractivity contribution in [1.29, 1.82) is 0 Å². The molecule has 1 heteroatoms. The summed E-state index contributed by atoms with van der Waals surface area (Å²) in [6.45, 7) is 18.5. The van der Waals surface area contributed by atoms with Crippen LogP contribution in [0.1, 0.15) is 103 Å². The van der Waals surface area contributed by atoms with Gasteiger partial charge in [0.15, 0.2) is 0 Å². The maximum absolute atomic E-state index is 4.57. The first kappa shape index (κ1) is 34.0. The molecule has 2 unspecified atom stereocenters. The zero-order chi connectivity index (χ0) is 34.1. The molecule has 0 saturated carbocycles. The second kappa shape index (κ2) is 11.1. The van der Waals surface area contributed by atoms with E-state index in [1.54, 1.807) is 0 Å². The third-order valence-corrected chi connectivity index (χ3v) is 41.1. The maximum atomic E-state index is 2.91. The van der Waals surface area contributed by atoms with Gasteiger partial charge in [0.1, 0.15) is 0 Å². The summed E-state index contributed by atoms with van der Waals surface area (Å²) in [7, 11) is 0. The fourth-order valence-corrected chi connectivity index (χ4v) is 34.7. The quantitative estimate of drug-likeness (QED) is 0.171. The molecule has 0 amide bonds. The molecule has 0 aliphatic heterocycles. The number of allylic oxidation sites excluding steroid dienone is 2. The SMILES string of the molecule is CC(C)C[CH]=[Hf]([CH3])([CH3])([CH3])([CH]1C=Cc2c(-c3ccc(C(C)(C)C)cc3)cccc21)[CH]1C=Cc2c(-c3ccc(C(C)(C)C)cc3)cccc21. The third kappa shape index (κ3) is 5.90. The Balaban J connectivity index is 1.49. The molecule has 47 heavy (non-hydrogen) atoms. The van der Waals surface area contributed by atoms with Crippen LogP contribution in [0.15, 0.2) is 97.1 Å². The van der Waals surface area contributed by atoms with Crippen molar-refractivity contribution in [3.05, 3.63) is 130 Å². The van der Waals surface area contributed by atoms with Gasteiger partial charge in [0.2, 0.25) is 0 Å². The van der Waals surface area contributed by atoms with Crippen molar-refractivity contribution in [1.82, 2.24) is 0 Å². The van der Waals surface area contributed by atoms with Crippen LogP contribution in [-0.2, 0) is 27.4 Å². The Morgan fingerprint density at radius 2 is 0.957 bits per heavy atom. The number of rotatable bonds is 6. The summed E-state index contributed by atoms with van der Waals surface area (Å²) in [4.78, 5) is 0. The van der Waals surface area contributed by atoms with Crippen molar-refractivity contribution in [2.24, 2.45) is 5.92 Å². The minimum atomic E-state index is -4.57. The van der Waals surface area contributed by atoms with Gasteiger partial charge in [-0.05, 0) is 0 Å². The van der Waals surface area contributed by atoms with Crippen LogP contribution in [0.5, 0.6) is 0 Å². The summed E-state index contributed by atoms with van der Waals surface area (Å²) in [5.41, 5.74) is 14.3. The number of hydrogen-bond acceptors (Lipinski definition) is 0. The van der Waals surface area contributed by atoms with Crippen LogP contribution in [0.25, 0.3) is 34.4 Å². The number of hydrogen-bond donors (Lipinski definition) is 0. The molecule has 0 saturated heterocycles. The fourth-order valence-electron chi connectivity index (χ4n) is 8.74. The molecule has 2 aliphatic rings. The van der Waals surface area contributed by atoms with Gasteiger partial charge in [-0.1, -0.05) is 0 Å². The van der Waals surface area contributed by atoms with Gasteiger partial charge < -0.3 is 0 Å². The third-order valence-electron chi connectivity index (χ3n) is 12.0. The zero-order valence-electron chi connectivity index (χ0n) is 30.9.